The molecule has 2 aromatic carbocycles. The Morgan fingerprint density at radius 1 is 0.756 bits per heavy atom. The van der Waals surface area contributed by atoms with Gasteiger partial charge in [-0.15, -0.1) is 0 Å². The monoisotopic (exact) mass is 570 g/mol. The first-order valence-corrected chi connectivity index (χ1v) is 12.8. The number of esters is 3. The summed E-state index contributed by atoms with van der Waals surface area (Å²) in [5.41, 5.74) is 0.785. The number of fused-ring (bicyclic) bond motifs is 2. The van der Waals surface area contributed by atoms with Gasteiger partial charge in [-0.25, -0.2) is 0 Å². The van der Waals surface area contributed by atoms with Crippen LogP contribution in [0.15, 0.2) is 24.3 Å². The van der Waals surface area contributed by atoms with E-state index in [0.29, 0.717) is 5.56 Å². The predicted molar refractivity (Wildman–Crippen MR) is 139 cm³/mol. The molecule has 2 aromatic rings. The number of Topliss-reactive ketones (excluding diaryl/α,β-unsaturated/α-hetero) is 1. The van der Waals surface area contributed by atoms with E-state index in [1.54, 1.807) is 13.0 Å². The van der Waals surface area contributed by atoms with Crippen molar-refractivity contribution in [1.82, 2.24) is 0 Å². The highest BCUT2D eigenvalue weighted by molar-refractivity contribution is 6.18. The highest BCUT2D eigenvalue weighted by Gasteiger charge is 2.52. The number of carbonyl (C=O) groups excluding carboxylic acids is 5. The number of ether oxygens (including phenoxy) is 5. The molecule has 1 heterocycles. The van der Waals surface area contributed by atoms with Gasteiger partial charge in [0.2, 0.25) is 18.2 Å². The van der Waals surface area contributed by atoms with Crippen molar-refractivity contribution in [2.45, 2.75) is 78.2 Å². The lowest BCUT2D eigenvalue weighted by molar-refractivity contribution is -0.280. The average molecular weight is 571 g/mol. The van der Waals surface area contributed by atoms with Gasteiger partial charge >= 0.3 is 17.9 Å². The Morgan fingerprint density at radius 3 is 1.83 bits per heavy atom. The number of phenolic OH excluding ortho intramolecular Hbond substituents is 2. The van der Waals surface area contributed by atoms with Crippen LogP contribution in [0.3, 0.4) is 0 Å². The molecule has 1 saturated heterocycles. The summed E-state index contributed by atoms with van der Waals surface area (Å²) in [6.45, 7) is 7.95. The normalized spacial score (nSPS) is 24.9. The number of aromatic hydroxyl groups is 2. The quantitative estimate of drug-likeness (QED) is 0.385. The first kappa shape index (κ1) is 29.5. The predicted octanol–water partition coefficient (Wildman–Crippen LogP) is 2.59. The SMILES string of the molecule is CC(=O)O[C@@H]1[C@@H](OC(C)=O)[C@H](C)O[C@@H](Oc2cc(O)c3c(c2)C(C(C)=O)c2cc(C)cc(O)c2C3=O)[C@@H]1OC(C)=O. The molecule has 0 spiro atoms. The fraction of sp³-hybridized carbons (Fsp3) is 0.414. The summed E-state index contributed by atoms with van der Waals surface area (Å²) in [6, 6.07) is 5.50. The minimum Gasteiger partial charge on any atom is -0.507 e. The van der Waals surface area contributed by atoms with Gasteiger partial charge < -0.3 is 33.9 Å². The molecule has 1 fully saturated rings. The first-order valence-electron chi connectivity index (χ1n) is 12.8. The second-order valence-corrected chi connectivity index (χ2v) is 10.1. The zero-order chi connectivity index (χ0) is 30.3. The summed E-state index contributed by atoms with van der Waals surface area (Å²) < 4.78 is 27.9. The molecule has 0 aromatic heterocycles. The lowest BCUT2D eigenvalue weighted by atomic mass is 9.74. The van der Waals surface area contributed by atoms with Crippen LogP contribution in [-0.2, 0) is 38.1 Å². The highest BCUT2D eigenvalue weighted by Crippen LogP contribution is 2.46. The van der Waals surface area contributed by atoms with E-state index < -0.39 is 66.1 Å². The molecule has 12 nitrogen and oxygen atoms in total. The molecule has 0 saturated carbocycles. The van der Waals surface area contributed by atoms with Crippen LogP contribution in [0.1, 0.15) is 73.1 Å². The number of hydrogen-bond donors (Lipinski definition) is 2. The van der Waals surface area contributed by atoms with Crippen LogP contribution < -0.4 is 4.74 Å². The number of carbonyl (C=O) groups is 5. The van der Waals surface area contributed by atoms with Crippen molar-refractivity contribution < 1.29 is 57.9 Å². The lowest BCUT2D eigenvalue weighted by Gasteiger charge is -2.43. The Balaban J connectivity index is 1.79. The van der Waals surface area contributed by atoms with Crippen molar-refractivity contribution in [2.75, 3.05) is 0 Å². The maximum absolute atomic E-state index is 13.4. The maximum atomic E-state index is 13.4. The Bertz CT molecular complexity index is 1440. The average Bonchev–Trinajstić information content (AvgIpc) is 2.82. The molecule has 2 N–H and O–H groups in total. The first-order chi connectivity index (χ1) is 19.2. The van der Waals surface area contributed by atoms with Crippen LogP contribution in [0.25, 0.3) is 0 Å². The summed E-state index contributed by atoms with van der Waals surface area (Å²) in [6.07, 6.45) is -6.22. The van der Waals surface area contributed by atoms with E-state index >= 15 is 0 Å². The Labute approximate surface area is 235 Å². The third-order valence-electron chi connectivity index (χ3n) is 6.78. The summed E-state index contributed by atoms with van der Waals surface area (Å²) in [5.74, 6) is -5.17. The number of aryl methyl sites for hydroxylation is 1. The van der Waals surface area contributed by atoms with Gasteiger partial charge in [0.05, 0.1) is 23.1 Å². The number of benzene rings is 2. The molecule has 1 aliphatic heterocycles. The van der Waals surface area contributed by atoms with Crippen LogP contribution in [0.2, 0.25) is 0 Å². The molecule has 6 atom stereocenters. The summed E-state index contributed by atoms with van der Waals surface area (Å²) in [5, 5.41) is 21.5. The topological polar surface area (TPSA) is 172 Å². The standard InChI is InChI=1S/C29H30O12/c1-11-7-18-22(12(2)30)19-9-17(10-21(35)24(19)25(36)23(18)20(34)8-11)41-29-28(40-16(6)33)27(39-15(5)32)26(13(3)37-29)38-14(4)31/h7-10,13,22,26-29,34-35H,1-6H3/t13-,22?,26-,27+,28+,29-/m0/s1. The minimum atomic E-state index is -1.43. The smallest absolute Gasteiger partial charge is 0.303 e. The highest BCUT2D eigenvalue weighted by atomic mass is 16.7. The molecular weight excluding hydrogens is 540 g/mol. The van der Waals surface area contributed by atoms with Crippen LogP contribution in [0, 0.1) is 6.92 Å². The van der Waals surface area contributed by atoms with Crippen molar-refractivity contribution >= 4 is 29.5 Å². The molecule has 1 aliphatic carbocycles. The van der Waals surface area contributed by atoms with Gasteiger partial charge in [0.15, 0.2) is 12.2 Å². The van der Waals surface area contributed by atoms with Gasteiger partial charge in [-0.2, -0.15) is 0 Å². The molecule has 0 radical (unpaired) electrons. The summed E-state index contributed by atoms with van der Waals surface area (Å²) >= 11 is 0. The van der Waals surface area contributed by atoms with Gasteiger partial charge in [0.1, 0.15) is 23.0 Å². The number of ketones is 2. The molecule has 4 rings (SSSR count). The van der Waals surface area contributed by atoms with E-state index in [4.69, 9.17) is 23.7 Å². The third-order valence-corrected chi connectivity index (χ3v) is 6.78. The molecule has 12 heteroatoms. The Kier molecular flexibility index (Phi) is 8.07. The number of rotatable bonds is 6. The molecule has 0 bridgehead atoms. The summed E-state index contributed by atoms with van der Waals surface area (Å²) in [4.78, 5) is 61.9. The van der Waals surface area contributed by atoms with Gasteiger partial charge in [-0.3, -0.25) is 24.0 Å². The molecule has 218 valence electrons. The Morgan fingerprint density at radius 2 is 1.27 bits per heavy atom. The second-order valence-electron chi connectivity index (χ2n) is 10.1. The van der Waals surface area contributed by atoms with Gasteiger partial charge in [0, 0.05) is 26.8 Å². The minimum absolute atomic E-state index is 0.0671. The molecule has 2 aliphatic rings. The largest absolute Gasteiger partial charge is 0.507 e. The molecular formula is C29H30O12. The molecule has 1 unspecified atom stereocenters. The van der Waals surface area contributed by atoms with Crippen LogP contribution in [0.4, 0.5) is 0 Å². The third kappa shape index (κ3) is 5.73. The molecule has 0 amide bonds. The number of phenols is 2. The van der Waals surface area contributed by atoms with E-state index in [-0.39, 0.29) is 39.5 Å². The number of hydrogen-bond acceptors (Lipinski definition) is 12. The van der Waals surface area contributed by atoms with Crippen molar-refractivity contribution in [3.63, 3.8) is 0 Å². The van der Waals surface area contributed by atoms with Crippen molar-refractivity contribution in [2.24, 2.45) is 0 Å². The van der Waals surface area contributed by atoms with Gasteiger partial charge in [0.25, 0.3) is 0 Å². The Hall–Kier alpha value is -4.45. The van der Waals surface area contributed by atoms with E-state index in [1.807, 2.05) is 0 Å². The van der Waals surface area contributed by atoms with Crippen LogP contribution >= 0.6 is 0 Å². The van der Waals surface area contributed by atoms with E-state index in [0.717, 1.165) is 26.8 Å². The van der Waals surface area contributed by atoms with Gasteiger partial charge in [-0.1, -0.05) is 6.07 Å². The van der Waals surface area contributed by atoms with E-state index in [2.05, 4.69) is 0 Å². The second kappa shape index (κ2) is 11.2. The zero-order valence-corrected chi connectivity index (χ0v) is 23.3. The van der Waals surface area contributed by atoms with Crippen LogP contribution in [-0.4, -0.2) is 70.4 Å². The van der Waals surface area contributed by atoms with Crippen molar-refractivity contribution in [3.05, 3.63) is 52.1 Å². The fourth-order valence-corrected chi connectivity index (χ4v) is 5.36. The van der Waals surface area contributed by atoms with E-state index in [1.165, 1.54) is 26.0 Å². The fourth-order valence-electron chi connectivity index (χ4n) is 5.36. The van der Waals surface area contributed by atoms with Crippen molar-refractivity contribution in [1.29, 1.82) is 0 Å². The maximum Gasteiger partial charge on any atom is 0.303 e. The lowest BCUT2D eigenvalue weighted by Crippen LogP contribution is -2.62. The van der Waals surface area contributed by atoms with Gasteiger partial charge in [-0.05, 0) is 49.6 Å². The zero-order valence-electron chi connectivity index (χ0n) is 23.3. The van der Waals surface area contributed by atoms with E-state index in [9.17, 15) is 34.2 Å². The van der Waals surface area contributed by atoms with Crippen molar-refractivity contribution in [3.8, 4) is 17.2 Å². The van der Waals surface area contributed by atoms with Crippen LogP contribution in [0.5, 0.6) is 17.2 Å². The molecule has 41 heavy (non-hydrogen) atoms. The summed E-state index contributed by atoms with van der Waals surface area (Å²) in [7, 11) is 0.